The number of aliphatic carboxylic acids is 1. The fourth-order valence-electron chi connectivity index (χ4n) is 1.86. The van der Waals surface area contributed by atoms with Gasteiger partial charge in [0.25, 0.3) is 0 Å². The number of carbonyl (C=O) groups excluding carboxylic acids is 1. The van der Waals surface area contributed by atoms with Crippen LogP contribution >= 0.6 is 11.8 Å². The maximum Gasteiger partial charge on any atom is 0.318 e. The summed E-state index contributed by atoms with van der Waals surface area (Å²) in [6.45, 7) is 4.23. The Morgan fingerprint density at radius 2 is 2.11 bits per heavy atom. The van der Waals surface area contributed by atoms with E-state index in [4.69, 9.17) is 5.11 Å². The van der Waals surface area contributed by atoms with Crippen LogP contribution in [0.4, 0.5) is 5.69 Å². The van der Waals surface area contributed by atoms with Gasteiger partial charge in [0.2, 0.25) is 5.91 Å². The molecular formula is C13H15NO3S. The number of anilines is 1. The largest absolute Gasteiger partial charge is 0.480 e. The first-order chi connectivity index (χ1) is 8.49. The average Bonchev–Trinajstić information content (AvgIpc) is 2.33. The summed E-state index contributed by atoms with van der Waals surface area (Å²) in [5.74, 6) is -0.661. The Hall–Kier alpha value is -1.49. The Morgan fingerprint density at radius 1 is 1.39 bits per heavy atom. The predicted octanol–water partition coefficient (Wildman–Crippen LogP) is 1.84. The molecule has 1 atom stereocenters. The van der Waals surface area contributed by atoms with Crippen LogP contribution in [0.3, 0.4) is 0 Å². The van der Waals surface area contributed by atoms with E-state index in [9.17, 15) is 9.59 Å². The van der Waals surface area contributed by atoms with Gasteiger partial charge in [-0.25, -0.2) is 0 Å². The van der Waals surface area contributed by atoms with Crippen molar-refractivity contribution in [3.8, 4) is 0 Å². The molecule has 4 nitrogen and oxygen atoms in total. The SMILES string of the molecule is Cc1ccc(N2CC(C(=O)O)SCC2=O)cc1C. The van der Waals surface area contributed by atoms with Crippen LogP contribution in [0.5, 0.6) is 0 Å². The van der Waals surface area contributed by atoms with E-state index in [1.165, 1.54) is 11.8 Å². The molecule has 18 heavy (non-hydrogen) atoms. The van der Waals surface area contributed by atoms with E-state index in [1.807, 2.05) is 32.0 Å². The van der Waals surface area contributed by atoms with Gasteiger partial charge < -0.3 is 10.0 Å². The first-order valence-corrected chi connectivity index (χ1v) is 6.76. The Morgan fingerprint density at radius 3 is 2.72 bits per heavy atom. The number of carbonyl (C=O) groups is 2. The number of thioether (sulfide) groups is 1. The average molecular weight is 265 g/mol. The molecule has 1 aliphatic rings. The van der Waals surface area contributed by atoms with Crippen LogP contribution in [0.15, 0.2) is 18.2 Å². The molecule has 2 rings (SSSR count). The molecule has 1 unspecified atom stereocenters. The van der Waals surface area contributed by atoms with Gasteiger partial charge in [0.05, 0.1) is 5.75 Å². The van der Waals surface area contributed by atoms with Crippen molar-refractivity contribution in [1.82, 2.24) is 0 Å². The Labute approximate surface area is 110 Å². The third-order valence-corrected chi connectivity index (χ3v) is 4.30. The second-order valence-electron chi connectivity index (χ2n) is 4.41. The highest BCUT2D eigenvalue weighted by Crippen LogP contribution is 2.26. The van der Waals surface area contributed by atoms with Gasteiger partial charge in [-0.05, 0) is 37.1 Å². The molecule has 1 saturated heterocycles. The molecule has 1 aliphatic heterocycles. The minimum atomic E-state index is -0.860. The number of benzene rings is 1. The molecule has 96 valence electrons. The molecule has 0 bridgehead atoms. The van der Waals surface area contributed by atoms with Gasteiger partial charge in [-0.2, -0.15) is 0 Å². The molecule has 5 heteroatoms. The number of carboxylic acids is 1. The first kappa shape index (κ1) is 13.0. The van der Waals surface area contributed by atoms with Crippen LogP contribution in [-0.4, -0.2) is 34.5 Å². The number of nitrogens with zero attached hydrogens (tertiary/aromatic N) is 1. The standard InChI is InChI=1S/C13H15NO3S/c1-8-3-4-10(5-9(8)2)14-6-11(13(16)17)18-7-12(14)15/h3-5,11H,6-7H2,1-2H3,(H,16,17). The van der Waals surface area contributed by atoms with Crippen molar-refractivity contribution < 1.29 is 14.7 Å². The van der Waals surface area contributed by atoms with E-state index < -0.39 is 11.2 Å². The van der Waals surface area contributed by atoms with Gasteiger partial charge in [-0.3, -0.25) is 9.59 Å². The number of rotatable bonds is 2. The maximum atomic E-state index is 11.9. The molecule has 1 amide bonds. The summed E-state index contributed by atoms with van der Waals surface area (Å²) >= 11 is 1.19. The molecule has 0 saturated carbocycles. The highest BCUT2D eigenvalue weighted by molar-refractivity contribution is 8.01. The zero-order chi connectivity index (χ0) is 13.3. The van der Waals surface area contributed by atoms with Crippen LogP contribution in [0, 0.1) is 13.8 Å². The second kappa shape index (κ2) is 5.02. The van der Waals surface area contributed by atoms with Crippen LogP contribution in [0.1, 0.15) is 11.1 Å². The van der Waals surface area contributed by atoms with Crippen LogP contribution < -0.4 is 4.90 Å². The molecule has 0 radical (unpaired) electrons. The zero-order valence-corrected chi connectivity index (χ0v) is 11.2. The minimum absolute atomic E-state index is 0.0271. The topological polar surface area (TPSA) is 57.6 Å². The molecule has 1 aromatic rings. The Balaban J connectivity index is 2.26. The Bertz CT molecular complexity index is 501. The lowest BCUT2D eigenvalue weighted by Gasteiger charge is -2.30. The van der Waals surface area contributed by atoms with Gasteiger partial charge in [0.15, 0.2) is 0 Å². The third kappa shape index (κ3) is 2.51. The van der Waals surface area contributed by atoms with Crippen molar-refractivity contribution in [2.24, 2.45) is 0 Å². The lowest BCUT2D eigenvalue weighted by Crippen LogP contribution is -2.45. The van der Waals surface area contributed by atoms with E-state index in [0.29, 0.717) is 0 Å². The van der Waals surface area contributed by atoms with Gasteiger partial charge >= 0.3 is 5.97 Å². The summed E-state index contributed by atoms with van der Waals surface area (Å²) in [6, 6.07) is 5.76. The summed E-state index contributed by atoms with van der Waals surface area (Å²) in [4.78, 5) is 24.4. The molecular weight excluding hydrogens is 250 g/mol. The molecule has 0 aromatic heterocycles. The van der Waals surface area contributed by atoms with Crippen molar-refractivity contribution in [1.29, 1.82) is 0 Å². The van der Waals surface area contributed by atoms with E-state index in [2.05, 4.69) is 0 Å². The molecule has 0 aliphatic carbocycles. The lowest BCUT2D eigenvalue weighted by atomic mass is 10.1. The van der Waals surface area contributed by atoms with Crippen molar-refractivity contribution >= 4 is 29.3 Å². The smallest absolute Gasteiger partial charge is 0.318 e. The zero-order valence-electron chi connectivity index (χ0n) is 10.3. The minimum Gasteiger partial charge on any atom is -0.480 e. The summed E-state index contributed by atoms with van der Waals surface area (Å²) in [6.07, 6.45) is 0. The van der Waals surface area contributed by atoms with Gasteiger partial charge in [0, 0.05) is 12.2 Å². The lowest BCUT2D eigenvalue weighted by molar-refractivity contribution is -0.136. The quantitative estimate of drug-likeness (QED) is 0.886. The van der Waals surface area contributed by atoms with E-state index >= 15 is 0 Å². The van der Waals surface area contributed by atoms with Crippen molar-refractivity contribution in [2.45, 2.75) is 19.1 Å². The molecule has 1 N–H and O–H groups in total. The fraction of sp³-hybridized carbons (Fsp3) is 0.385. The van der Waals surface area contributed by atoms with Gasteiger partial charge in [-0.15, -0.1) is 11.8 Å². The summed E-state index contributed by atoms with van der Waals surface area (Å²) in [7, 11) is 0. The first-order valence-electron chi connectivity index (χ1n) is 5.71. The van der Waals surface area contributed by atoms with Gasteiger partial charge in [0.1, 0.15) is 5.25 Å². The van der Waals surface area contributed by atoms with E-state index in [-0.39, 0.29) is 18.2 Å². The number of hydrogen-bond acceptors (Lipinski definition) is 3. The number of carboxylic acid groups (broad SMARTS) is 1. The second-order valence-corrected chi connectivity index (χ2v) is 5.60. The fourth-order valence-corrected chi connectivity index (χ4v) is 2.76. The summed E-state index contributed by atoms with van der Waals surface area (Å²) < 4.78 is 0. The molecule has 1 aromatic carbocycles. The number of hydrogen-bond donors (Lipinski definition) is 1. The van der Waals surface area contributed by atoms with Crippen LogP contribution in [-0.2, 0) is 9.59 Å². The van der Waals surface area contributed by atoms with Crippen molar-refractivity contribution in [3.63, 3.8) is 0 Å². The van der Waals surface area contributed by atoms with Crippen LogP contribution in [0.25, 0.3) is 0 Å². The number of amides is 1. The summed E-state index contributed by atoms with van der Waals surface area (Å²) in [5.41, 5.74) is 3.05. The third-order valence-electron chi connectivity index (χ3n) is 3.14. The van der Waals surface area contributed by atoms with Crippen LogP contribution in [0.2, 0.25) is 0 Å². The highest BCUT2D eigenvalue weighted by Gasteiger charge is 2.31. The summed E-state index contributed by atoms with van der Waals surface area (Å²) in [5, 5.41) is 8.49. The van der Waals surface area contributed by atoms with E-state index in [1.54, 1.807) is 4.90 Å². The maximum absolute atomic E-state index is 11.9. The van der Waals surface area contributed by atoms with Gasteiger partial charge in [-0.1, -0.05) is 6.07 Å². The highest BCUT2D eigenvalue weighted by atomic mass is 32.2. The molecule has 1 fully saturated rings. The number of aryl methyl sites for hydroxylation is 2. The molecule has 0 spiro atoms. The van der Waals surface area contributed by atoms with E-state index in [0.717, 1.165) is 16.8 Å². The normalized spacial score (nSPS) is 20.0. The predicted molar refractivity (Wildman–Crippen MR) is 72.2 cm³/mol. The Kier molecular flexibility index (Phi) is 3.61. The van der Waals surface area contributed by atoms with Crippen molar-refractivity contribution in [2.75, 3.05) is 17.2 Å². The van der Waals surface area contributed by atoms with Crippen molar-refractivity contribution in [3.05, 3.63) is 29.3 Å². The monoisotopic (exact) mass is 265 g/mol. The molecule has 1 heterocycles.